The van der Waals surface area contributed by atoms with Gasteiger partial charge < -0.3 is 0 Å². The van der Waals surface area contributed by atoms with Crippen molar-refractivity contribution in [2.24, 2.45) is 0 Å². The van der Waals surface area contributed by atoms with Gasteiger partial charge in [-0.15, -0.1) is 11.3 Å². The maximum absolute atomic E-state index is 5.13. The van der Waals surface area contributed by atoms with E-state index in [1.807, 2.05) is 53.9 Å². The SMILES string of the molecule is c1ccc(-c2cc(-c3ccc4sc5ccccc5c4c3)nc(-c3ccccc3-c3cccnc3)n2)cc1. The van der Waals surface area contributed by atoms with Crippen LogP contribution in [0.1, 0.15) is 0 Å². The summed E-state index contributed by atoms with van der Waals surface area (Å²) in [5, 5.41) is 2.54. The van der Waals surface area contributed by atoms with E-state index < -0.39 is 0 Å². The Bertz CT molecular complexity index is 1880. The second-order valence-electron chi connectivity index (χ2n) is 8.92. The molecular weight excluding hydrogens is 470 g/mol. The van der Waals surface area contributed by atoms with Crippen molar-refractivity contribution in [3.8, 4) is 45.0 Å². The third-order valence-electron chi connectivity index (χ3n) is 6.61. The van der Waals surface area contributed by atoms with E-state index in [2.05, 4.69) is 83.8 Å². The Kier molecular flexibility index (Phi) is 5.30. The van der Waals surface area contributed by atoms with Crippen molar-refractivity contribution in [1.29, 1.82) is 0 Å². The van der Waals surface area contributed by atoms with Crippen LogP contribution in [-0.4, -0.2) is 15.0 Å². The summed E-state index contributed by atoms with van der Waals surface area (Å²) in [6, 6.07) is 40.0. The molecule has 0 aliphatic heterocycles. The number of benzene rings is 4. The van der Waals surface area contributed by atoms with Gasteiger partial charge in [0.2, 0.25) is 0 Å². The predicted octanol–water partition coefficient (Wildman–Crippen LogP) is 8.91. The lowest BCUT2D eigenvalue weighted by Gasteiger charge is -2.12. The maximum Gasteiger partial charge on any atom is 0.161 e. The van der Waals surface area contributed by atoms with Crippen LogP contribution in [0.15, 0.2) is 128 Å². The van der Waals surface area contributed by atoms with E-state index in [4.69, 9.17) is 9.97 Å². The molecule has 4 heteroatoms. The van der Waals surface area contributed by atoms with Crippen LogP contribution in [0.25, 0.3) is 65.2 Å². The Morgan fingerprint density at radius 3 is 2.03 bits per heavy atom. The zero-order valence-electron chi connectivity index (χ0n) is 19.9. The highest BCUT2D eigenvalue weighted by Crippen LogP contribution is 2.37. The van der Waals surface area contributed by atoms with Gasteiger partial charge in [0.1, 0.15) is 0 Å². The van der Waals surface area contributed by atoms with Crippen molar-refractivity contribution in [2.75, 3.05) is 0 Å². The summed E-state index contributed by atoms with van der Waals surface area (Å²) in [5.74, 6) is 0.700. The molecule has 0 fully saturated rings. The van der Waals surface area contributed by atoms with Gasteiger partial charge in [-0.05, 0) is 35.9 Å². The second kappa shape index (κ2) is 9.08. The Morgan fingerprint density at radius 2 is 1.19 bits per heavy atom. The predicted molar refractivity (Wildman–Crippen MR) is 154 cm³/mol. The molecule has 174 valence electrons. The second-order valence-corrected chi connectivity index (χ2v) is 10.0. The Balaban J connectivity index is 1.46. The average molecular weight is 492 g/mol. The van der Waals surface area contributed by atoms with E-state index in [-0.39, 0.29) is 0 Å². The summed E-state index contributed by atoms with van der Waals surface area (Å²) >= 11 is 1.83. The largest absolute Gasteiger partial charge is 0.264 e. The standard InChI is InChI=1S/C33H21N3S/c1-2-9-22(10-3-1)29-20-30(23-16-17-32-28(19-23)26-13-6-7-15-31(26)37-32)36-33(35-29)27-14-5-4-12-25(27)24-11-8-18-34-21-24/h1-21H. The first-order valence-electron chi connectivity index (χ1n) is 12.2. The van der Waals surface area contributed by atoms with Gasteiger partial charge in [0.05, 0.1) is 11.4 Å². The maximum atomic E-state index is 5.13. The summed E-state index contributed by atoms with van der Waals surface area (Å²) in [5.41, 5.74) is 7.03. The van der Waals surface area contributed by atoms with E-state index in [9.17, 15) is 0 Å². The lowest BCUT2D eigenvalue weighted by atomic mass is 9.99. The van der Waals surface area contributed by atoms with E-state index in [1.165, 1.54) is 20.2 Å². The Hall–Kier alpha value is -4.67. The smallest absolute Gasteiger partial charge is 0.161 e. The van der Waals surface area contributed by atoms with Gasteiger partial charge in [-0.1, -0.05) is 84.9 Å². The summed E-state index contributed by atoms with van der Waals surface area (Å²) in [4.78, 5) is 14.5. The van der Waals surface area contributed by atoms with Gasteiger partial charge >= 0.3 is 0 Å². The van der Waals surface area contributed by atoms with Crippen LogP contribution in [0.5, 0.6) is 0 Å². The third-order valence-corrected chi connectivity index (χ3v) is 7.76. The van der Waals surface area contributed by atoms with Crippen molar-refractivity contribution < 1.29 is 0 Å². The van der Waals surface area contributed by atoms with E-state index in [1.54, 1.807) is 6.20 Å². The molecule has 7 aromatic rings. The number of pyridine rings is 1. The highest BCUT2D eigenvalue weighted by atomic mass is 32.1. The van der Waals surface area contributed by atoms with Crippen LogP contribution in [0.3, 0.4) is 0 Å². The molecule has 0 aliphatic carbocycles. The quantitative estimate of drug-likeness (QED) is 0.247. The summed E-state index contributed by atoms with van der Waals surface area (Å²) < 4.78 is 2.58. The fourth-order valence-corrected chi connectivity index (χ4v) is 5.90. The molecule has 0 atom stereocenters. The van der Waals surface area contributed by atoms with Crippen LogP contribution in [-0.2, 0) is 0 Å². The number of thiophene rings is 1. The molecule has 4 aromatic carbocycles. The Morgan fingerprint density at radius 1 is 0.486 bits per heavy atom. The molecule has 0 spiro atoms. The number of nitrogens with zero attached hydrogens (tertiary/aromatic N) is 3. The van der Waals surface area contributed by atoms with Crippen molar-refractivity contribution in [3.63, 3.8) is 0 Å². The van der Waals surface area contributed by atoms with Crippen molar-refractivity contribution >= 4 is 31.5 Å². The van der Waals surface area contributed by atoms with E-state index in [0.717, 1.165) is 39.2 Å². The molecule has 0 N–H and O–H groups in total. The van der Waals surface area contributed by atoms with Crippen LogP contribution in [0.2, 0.25) is 0 Å². The van der Waals surface area contributed by atoms with E-state index in [0.29, 0.717) is 5.82 Å². The summed E-state index contributed by atoms with van der Waals surface area (Å²) in [7, 11) is 0. The highest BCUT2D eigenvalue weighted by Gasteiger charge is 2.15. The minimum Gasteiger partial charge on any atom is -0.264 e. The molecule has 0 amide bonds. The minimum absolute atomic E-state index is 0.700. The van der Waals surface area contributed by atoms with Gasteiger partial charge in [0.25, 0.3) is 0 Å². The summed E-state index contributed by atoms with van der Waals surface area (Å²) in [6.45, 7) is 0. The van der Waals surface area contributed by atoms with Crippen molar-refractivity contribution in [2.45, 2.75) is 0 Å². The molecule has 3 aromatic heterocycles. The molecule has 0 aliphatic rings. The lowest BCUT2D eigenvalue weighted by molar-refractivity contribution is 1.18. The number of hydrogen-bond donors (Lipinski definition) is 0. The average Bonchev–Trinajstić information content (AvgIpc) is 3.36. The fraction of sp³-hybridized carbons (Fsp3) is 0. The van der Waals surface area contributed by atoms with Crippen molar-refractivity contribution in [3.05, 3.63) is 128 Å². The topological polar surface area (TPSA) is 38.7 Å². The number of fused-ring (bicyclic) bond motifs is 3. The molecular formula is C33H21N3S. The van der Waals surface area contributed by atoms with Gasteiger partial charge in [0.15, 0.2) is 5.82 Å². The first-order valence-corrected chi connectivity index (χ1v) is 13.0. The molecule has 0 unspecified atom stereocenters. The highest BCUT2D eigenvalue weighted by molar-refractivity contribution is 7.25. The first kappa shape index (κ1) is 21.6. The molecule has 0 bridgehead atoms. The molecule has 0 saturated carbocycles. The van der Waals surface area contributed by atoms with Crippen LogP contribution >= 0.6 is 11.3 Å². The lowest BCUT2D eigenvalue weighted by Crippen LogP contribution is -1.97. The molecule has 0 saturated heterocycles. The first-order chi connectivity index (χ1) is 18.3. The third kappa shape index (κ3) is 3.98. The number of hydrogen-bond acceptors (Lipinski definition) is 4. The van der Waals surface area contributed by atoms with Crippen LogP contribution in [0, 0.1) is 0 Å². The molecule has 3 heterocycles. The van der Waals surface area contributed by atoms with Gasteiger partial charge in [-0.3, -0.25) is 4.98 Å². The van der Waals surface area contributed by atoms with E-state index >= 15 is 0 Å². The number of rotatable bonds is 4. The number of aromatic nitrogens is 3. The monoisotopic (exact) mass is 491 g/mol. The zero-order chi connectivity index (χ0) is 24.6. The molecule has 7 rings (SSSR count). The van der Waals surface area contributed by atoms with Gasteiger partial charge in [-0.2, -0.15) is 0 Å². The molecule has 3 nitrogen and oxygen atoms in total. The summed E-state index contributed by atoms with van der Waals surface area (Å²) in [6.07, 6.45) is 3.68. The van der Waals surface area contributed by atoms with Crippen molar-refractivity contribution in [1.82, 2.24) is 15.0 Å². The fourth-order valence-electron chi connectivity index (χ4n) is 4.81. The Labute approximate surface area is 218 Å². The van der Waals surface area contributed by atoms with Gasteiger partial charge in [0, 0.05) is 54.8 Å². The van der Waals surface area contributed by atoms with Gasteiger partial charge in [-0.25, -0.2) is 9.97 Å². The molecule has 0 radical (unpaired) electrons. The van der Waals surface area contributed by atoms with Crippen LogP contribution < -0.4 is 0 Å². The molecule has 37 heavy (non-hydrogen) atoms. The zero-order valence-corrected chi connectivity index (χ0v) is 20.7. The van der Waals surface area contributed by atoms with Crippen LogP contribution in [0.4, 0.5) is 0 Å². The minimum atomic E-state index is 0.700. The normalized spacial score (nSPS) is 11.2.